The third-order valence-electron chi connectivity index (χ3n) is 2.21. The highest BCUT2D eigenvalue weighted by molar-refractivity contribution is 6.28. The highest BCUT2D eigenvalue weighted by atomic mass is 35.5. The van der Waals surface area contributed by atoms with Gasteiger partial charge < -0.3 is 10.6 Å². The number of nitriles is 1. The van der Waals surface area contributed by atoms with Gasteiger partial charge in [-0.2, -0.15) is 20.2 Å². The smallest absolute Gasteiger partial charge is 0.228 e. The lowest BCUT2D eigenvalue weighted by atomic mass is 10.1. The fourth-order valence-electron chi connectivity index (χ4n) is 1.25. The number of anilines is 2. The molecule has 1 aromatic heterocycles. The molecule has 0 radical (unpaired) electrons. The van der Waals surface area contributed by atoms with Gasteiger partial charge in [0.25, 0.3) is 0 Å². The van der Waals surface area contributed by atoms with E-state index in [1.54, 1.807) is 0 Å². The van der Waals surface area contributed by atoms with Crippen molar-refractivity contribution >= 4 is 23.5 Å². The Morgan fingerprint density at radius 2 is 1.94 bits per heavy atom. The van der Waals surface area contributed by atoms with Crippen molar-refractivity contribution in [2.45, 2.75) is 33.2 Å². The van der Waals surface area contributed by atoms with E-state index in [-0.39, 0.29) is 17.2 Å². The Morgan fingerprint density at radius 3 is 2.50 bits per heavy atom. The van der Waals surface area contributed by atoms with Crippen molar-refractivity contribution in [1.29, 1.82) is 5.26 Å². The predicted octanol–water partition coefficient (Wildman–Crippen LogP) is 2.31. The summed E-state index contributed by atoms with van der Waals surface area (Å²) in [6, 6.07) is 2.41. The molecule has 2 N–H and O–H groups in total. The van der Waals surface area contributed by atoms with Crippen LogP contribution < -0.4 is 10.6 Å². The van der Waals surface area contributed by atoms with Gasteiger partial charge in [-0.1, -0.05) is 6.92 Å². The Balaban J connectivity index is 2.71. The molecule has 0 fully saturated rings. The molecule has 0 aliphatic carbocycles. The van der Waals surface area contributed by atoms with Gasteiger partial charge in [-0.3, -0.25) is 0 Å². The minimum Gasteiger partial charge on any atom is -0.353 e. The van der Waals surface area contributed by atoms with Crippen molar-refractivity contribution in [2.24, 2.45) is 5.92 Å². The molecule has 0 aromatic carbocycles. The van der Waals surface area contributed by atoms with Crippen LogP contribution in [0.5, 0.6) is 0 Å². The molecular formula is C11H17ClN6. The molecule has 0 aliphatic heterocycles. The highest BCUT2D eigenvalue weighted by Crippen LogP contribution is 2.11. The molecule has 0 spiro atoms. The third-order valence-corrected chi connectivity index (χ3v) is 2.38. The Kier molecular flexibility index (Phi) is 5.59. The molecule has 1 rings (SSSR count). The fraction of sp³-hybridized carbons (Fsp3) is 0.636. The van der Waals surface area contributed by atoms with Crippen LogP contribution in [-0.4, -0.2) is 27.5 Å². The molecule has 1 aromatic rings. The summed E-state index contributed by atoms with van der Waals surface area (Å²) in [5.74, 6) is 0.742. The first-order chi connectivity index (χ1) is 8.55. The maximum absolute atomic E-state index is 8.85. The molecule has 1 heterocycles. The molecule has 0 amide bonds. The third kappa shape index (κ3) is 4.72. The van der Waals surface area contributed by atoms with Crippen molar-refractivity contribution < 1.29 is 0 Å². The van der Waals surface area contributed by atoms with Crippen LogP contribution in [0.2, 0.25) is 5.28 Å². The Bertz CT molecular complexity index is 428. The summed E-state index contributed by atoms with van der Waals surface area (Å²) in [5, 5.41) is 15.0. The van der Waals surface area contributed by atoms with Crippen molar-refractivity contribution in [2.75, 3.05) is 17.2 Å². The van der Waals surface area contributed by atoms with Gasteiger partial charge >= 0.3 is 0 Å². The lowest BCUT2D eigenvalue weighted by molar-refractivity contribution is 0.670. The van der Waals surface area contributed by atoms with Crippen LogP contribution in [0.15, 0.2) is 0 Å². The molecule has 1 atom stereocenters. The lowest BCUT2D eigenvalue weighted by Crippen LogP contribution is -2.17. The predicted molar refractivity (Wildman–Crippen MR) is 71.5 cm³/mol. The summed E-state index contributed by atoms with van der Waals surface area (Å²) >= 11 is 5.81. The molecule has 0 saturated carbocycles. The second kappa shape index (κ2) is 6.97. The second-order valence-corrected chi connectivity index (χ2v) is 4.50. The van der Waals surface area contributed by atoms with Crippen LogP contribution in [0.25, 0.3) is 0 Å². The van der Waals surface area contributed by atoms with Gasteiger partial charge in [0, 0.05) is 12.6 Å². The van der Waals surface area contributed by atoms with Crippen LogP contribution in [-0.2, 0) is 0 Å². The monoisotopic (exact) mass is 268 g/mol. The molecule has 6 nitrogen and oxygen atoms in total. The zero-order valence-corrected chi connectivity index (χ0v) is 11.5. The van der Waals surface area contributed by atoms with E-state index >= 15 is 0 Å². The zero-order chi connectivity index (χ0) is 13.5. The standard InChI is InChI=1S/C11H17ClN6/c1-4-8(5-13)6-14-10-16-9(12)17-11(18-10)15-7(2)3/h7-8H,4,6H2,1-3H3,(H2,14,15,16,17,18). The average Bonchev–Trinajstić information content (AvgIpc) is 2.28. The summed E-state index contributed by atoms with van der Waals surface area (Å²) in [6.07, 6.45) is 0.777. The van der Waals surface area contributed by atoms with Crippen molar-refractivity contribution in [3.05, 3.63) is 5.28 Å². The first-order valence-corrected chi connectivity index (χ1v) is 6.24. The Morgan fingerprint density at radius 1 is 1.28 bits per heavy atom. The number of hydrogen-bond acceptors (Lipinski definition) is 6. The van der Waals surface area contributed by atoms with Crippen LogP contribution in [0.4, 0.5) is 11.9 Å². The summed E-state index contributed by atoms with van der Waals surface area (Å²) in [4.78, 5) is 12.1. The summed E-state index contributed by atoms with van der Waals surface area (Å²) < 4.78 is 0. The molecule has 18 heavy (non-hydrogen) atoms. The number of halogens is 1. The maximum atomic E-state index is 8.85. The number of hydrogen-bond donors (Lipinski definition) is 2. The first kappa shape index (κ1) is 14.5. The van der Waals surface area contributed by atoms with Gasteiger partial charge in [-0.15, -0.1) is 0 Å². The van der Waals surface area contributed by atoms with Gasteiger partial charge in [0.15, 0.2) is 0 Å². The Labute approximate surface area is 112 Å². The molecular weight excluding hydrogens is 252 g/mol. The van der Waals surface area contributed by atoms with E-state index in [0.29, 0.717) is 18.4 Å². The molecule has 7 heteroatoms. The van der Waals surface area contributed by atoms with Gasteiger partial charge in [-0.05, 0) is 31.9 Å². The van der Waals surface area contributed by atoms with E-state index in [0.717, 1.165) is 6.42 Å². The molecule has 1 unspecified atom stereocenters. The van der Waals surface area contributed by atoms with Crippen molar-refractivity contribution in [1.82, 2.24) is 15.0 Å². The van der Waals surface area contributed by atoms with Gasteiger partial charge in [0.1, 0.15) is 0 Å². The van der Waals surface area contributed by atoms with E-state index in [9.17, 15) is 0 Å². The van der Waals surface area contributed by atoms with E-state index in [1.807, 2.05) is 20.8 Å². The van der Waals surface area contributed by atoms with Gasteiger partial charge in [0.2, 0.25) is 17.2 Å². The van der Waals surface area contributed by atoms with Crippen molar-refractivity contribution in [3.63, 3.8) is 0 Å². The summed E-state index contributed by atoms with van der Waals surface area (Å²) in [7, 11) is 0. The van der Waals surface area contributed by atoms with Gasteiger partial charge in [0.05, 0.1) is 12.0 Å². The maximum Gasteiger partial charge on any atom is 0.228 e. The second-order valence-electron chi connectivity index (χ2n) is 4.17. The van der Waals surface area contributed by atoms with Crippen LogP contribution in [0.3, 0.4) is 0 Å². The minimum atomic E-state index is -0.0675. The van der Waals surface area contributed by atoms with Crippen LogP contribution in [0.1, 0.15) is 27.2 Å². The van der Waals surface area contributed by atoms with E-state index < -0.39 is 0 Å². The summed E-state index contributed by atoms with van der Waals surface area (Å²) in [5.41, 5.74) is 0. The molecule has 0 saturated heterocycles. The summed E-state index contributed by atoms with van der Waals surface area (Å²) in [6.45, 7) is 6.41. The van der Waals surface area contributed by atoms with E-state index in [4.69, 9.17) is 16.9 Å². The number of nitrogens with one attached hydrogen (secondary N) is 2. The topological polar surface area (TPSA) is 86.5 Å². The molecule has 0 bridgehead atoms. The average molecular weight is 269 g/mol. The quantitative estimate of drug-likeness (QED) is 0.823. The number of rotatable bonds is 6. The minimum absolute atomic E-state index is 0.0675. The zero-order valence-electron chi connectivity index (χ0n) is 10.7. The normalized spacial score (nSPS) is 12.0. The van der Waals surface area contributed by atoms with Crippen LogP contribution in [0, 0.1) is 17.2 Å². The van der Waals surface area contributed by atoms with E-state index in [1.165, 1.54) is 0 Å². The first-order valence-electron chi connectivity index (χ1n) is 5.86. The molecule has 0 aliphatic rings. The van der Waals surface area contributed by atoms with E-state index in [2.05, 4.69) is 31.7 Å². The molecule has 98 valence electrons. The van der Waals surface area contributed by atoms with Gasteiger partial charge in [-0.25, -0.2) is 0 Å². The number of aromatic nitrogens is 3. The van der Waals surface area contributed by atoms with Crippen molar-refractivity contribution in [3.8, 4) is 6.07 Å². The highest BCUT2D eigenvalue weighted by Gasteiger charge is 2.08. The largest absolute Gasteiger partial charge is 0.353 e. The van der Waals surface area contributed by atoms with Crippen LogP contribution >= 0.6 is 11.6 Å². The SMILES string of the molecule is CCC(C#N)CNc1nc(Cl)nc(NC(C)C)n1. The lowest BCUT2D eigenvalue weighted by Gasteiger charge is -2.11. The fourth-order valence-corrected chi connectivity index (χ4v) is 1.41. The Hall–Kier alpha value is -1.61. The number of nitrogens with zero attached hydrogens (tertiary/aromatic N) is 4.